The number of nitrogens with one attached hydrogen (secondary N) is 1. The highest BCUT2D eigenvalue weighted by molar-refractivity contribution is 5.99. The Hall–Kier alpha value is -1.62. The highest BCUT2D eigenvalue weighted by atomic mass is 16.5. The van der Waals surface area contributed by atoms with Crippen molar-refractivity contribution in [1.82, 2.24) is 4.98 Å². The summed E-state index contributed by atoms with van der Waals surface area (Å²) < 4.78 is 5.23. The number of nitrogen functional groups attached to an aromatic ring is 1. The minimum Gasteiger partial charge on any atom is -0.384 e. The second-order valence-corrected chi connectivity index (χ2v) is 4.70. The predicted octanol–water partition coefficient (Wildman–Crippen LogP) is 1.23. The molecular weight excluding hydrogens is 228 g/mol. The van der Waals surface area contributed by atoms with Gasteiger partial charge in [-0.2, -0.15) is 0 Å². The topological polar surface area (TPSA) is 75.2 Å². The lowest BCUT2D eigenvalue weighted by Gasteiger charge is -2.34. The van der Waals surface area contributed by atoms with Gasteiger partial charge in [-0.15, -0.1) is 0 Å². The van der Waals surface area contributed by atoms with Gasteiger partial charge in [-0.1, -0.05) is 0 Å². The van der Waals surface area contributed by atoms with E-state index in [-0.39, 0.29) is 5.84 Å². The average molecular weight is 248 g/mol. The average Bonchev–Trinajstić information content (AvgIpc) is 2.39. The Morgan fingerprint density at radius 1 is 1.67 bits per heavy atom. The van der Waals surface area contributed by atoms with E-state index in [1.807, 2.05) is 12.1 Å². The molecule has 0 saturated carbocycles. The molecule has 1 aliphatic rings. The second-order valence-electron chi connectivity index (χ2n) is 4.70. The number of rotatable bonds is 4. The number of ether oxygens (including phenoxy) is 1. The molecule has 3 N–H and O–H groups in total. The van der Waals surface area contributed by atoms with Crippen LogP contribution in [-0.4, -0.2) is 37.6 Å². The van der Waals surface area contributed by atoms with Gasteiger partial charge in [0.2, 0.25) is 0 Å². The smallest absolute Gasteiger partial charge is 0.139 e. The molecule has 1 unspecified atom stereocenters. The van der Waals surface area contributed by atoms with Crippen molar-refractivity contribution in [2.24, 2.45) is 11.7 Å². The van der Waals surface area contributed by atoms with Crippen LogP contribution < -0.4 is 10.6 Å². The zero-order valence-corrected chi connectivity index (χ0v) is 10.7. The fourth-order valence-electron chi connectivity index (χ4n) is 2.49. The summed E-state index contributed by atoms with van der Waals surface area (Å²) in [5.74, 6) is 1.43. The van der Waals surface area contributed by atoms with Gasteiger partial charge in [-0.3, -0.25) is 5.41 Å². The van der Waals surface area contributed by atoms with Crippen molar-refractivity contribution in [1.29, 1.82) is 5.41 Å². The van der Waals surface area contributed by atoms with Crippen LogP contribution in [0.5, 0.6) is 0 Å². The van der Waals surface area contributed by atoms with E-state index >= 15 is 0 Å². The number of anilines is 1. The van der Waals surface area contributed by atoms with Gasteiger partial charge in [0.05, 0.1) is 12.2 Å². The highest BCUT2D eigenvalue weighted by Crippen LogP contribution is 2.24. The summed E-state index contributed by atoms with van der Waals surface area (Å²) in [4.78, 5) is 6.59. The molecule has 98 valence electrons. The number of hydrogen-bond acceptors (Lipinski definition) is 4. The lowest BCUT2D eigenvalue weighted by Crippen LogP contribution is -2.38. The van der Waals surface area contributed by atoms with E-state index in [2.05, 4.69) is 9.88 Å². The van der Waals surface area contributed by atoms with Crippen LogP contribution in [-0.2, 0) is 4.74 Å². The summed E-state index contributed by atoms with van der Waals surface area (Å²) in [7, 11) is 1.74. The van der Waals surface area contributed by atoms with Gasteiger partial charge in [0.15, 0.2) is 0 Å². The summed E-state index contributed by atoms with van der Waals surface area (Å²) in [5, 5.41) is 7.61. The van der Waals surface area contributed by atoms with Crippen molar-refractivity contribution in [3.63, 3.8) is 0 Å². The van der Waals surface area contributed by atoms with Gasteiger partial charge < -0.3 is 15.4 Å². The van der Waals surface area contributed by atoms with E-state index in [0.717, 1.165) is 37.5 Å². The summed E-state index contributed by atoms with van der Waals surface area (Å²) in [6.45, 7) is 2.67. The molecule has 2 rings (SSSR count). The van der Waals surface area contributed by atoms with Crippen molar-refractivity contribution < 1.29 is 4.74 Å². The van der Waals surface area contributed by atoms with Crippen molar-refractivity contribution in [3.8, 4) is 0 Å². The van der Waals surface area contributed by atoms with E-state index in [0.29, 0.717) is 5.92 Å². The lowest BCUT2D eigenvalue weighted by molar-refractivity contribution is 0.143. The minimum absolute atomic E-state index is 0.0759. The first-order valence-corrected chi connectivity index (χ1v) is 6.25. The first kappa shape index (κ1) is 12.8. The maximum atomic E-state index is 7.61. The van der Waals surface area contributed by atoms with Gasteiger partial charge in [-0.25, -0.2) is 4.98 Å². The zero-order chi connectivity index (χ0) is 13.0. The molecule has 0 aliphatic carbocycles. The van der Waals surface area contributed by atoms with Crippen LogP contribution in [0, 0.1) is 11.3 Å². The Labute approximate surface area is 107 Å². The predicted molar refractivity (Wildman–Crippen MR) is 72.1 cm³/mol. The Kier molecular flexibility index (Phi) is 4.15. The van der Waals surface area contributed by atoms with Crippen LogP contribution >= 0.6 is 0 Å². The fraction of sp³-hybridized carbons (Fsp3) is 0.538. The molecule has 1 aromatic heterocycles. The number of aromatic nitrogens is 1. The number of piperidine rings is 1. The van der Waals surface area contributed by atoms with Crippen molar-refractivity contribution in [2.75, 3.05) is 31.7 Å². The molecular formula is C13H20N4O. The molecule has 0 aromatic carbocycles. The van der Waals surface area contributed by atoms with Gasteiger partial charge >= 0.3 is 0 Å². The third-order valence-corrected chi connectivity index (χ3v) is 3.30. The number of nitrogens with zero attached hydrogens (tertiary/aromatic N) is 2. The van der Waals surface area contributed by atoms with Crippen molar-refractivity contribution in [3.05, 3.63) is 23.9 Å². The standard InChI is InChI=1S/C13H20N4O/c1-18-9-10-4-3-7-17(8-10)13-11(12(14)15)5-2-6-16-13/h2,5-6,10H,3-4,7-9H2,1H3,(H3,14,15). The van der Waals surface area contributed by atoms with E-state index < -0.39 is 0 Å². The summed E-state index contributed by atoms with van der Waals surface area (Å²) in [6, 6.07) is 3.67. The minimum atomic E-state index is 0.0759. The molecule has 1 aliphatic heterocycles. The maximum Gasteiger partial charge on any atom is 0.139 e. The van der Waals surface area contributed by atoms with Crippen LogP contribution in [0.25, 0.3) is 0 Å². The molecule has 0 spiro atoms. The molecule has 2 heterocycles. The summed E-state index contributed by atoms with van der Waals surface area (Å²) in [6.07, 6.45) is 4.07. The van der Waals surface area contributed by atoms with E-state index in [9.17, 15) is 0 Å². The molecule has 0 amide bonds. The van der Waals surface area contributed by atoms with E-state index in [4.69, 9.17) is 15.9 Å². The zero-order valence-electron chi connectivity index (χ0n) is 10.7. The van der Waals surface area contributed by atoms with Crippen LogP contribution in [0.3, 0.4) is 0 Å². The van der Waals surface area contributed by atoms with Crippen LogP contribution in [0.1, 0.15) is 18.4 Å². The van der Waals surface area contributed by atoms with E-state index in [1.165, 1.54) is 6.42 Å². The van der Waals surface area contributed by atoms with Crippen molar-refractivity contribution in [2.45, 2.75) is 12.8 Å². The van der Waals surface area contributed by atoms with Gasteiger partial charge in [0.25, 0.3) is 0 Å². The highest BCUT2D eigenvalue weighted by Gasteiger charge is 2.22. The summed E-state index contributed by atoms with van der Waals surface area (Å²) in [5.41, 5.74) is 6.32. The van der Waals surface area contributed by atoms with Crippen LogP contribution in [0.4, 0.5) is 5.82 Å². The number of amidine groups is 1. The largest absolute Gasteiger partial charge is 0.384 e. The van der Waals surface area contributed by atoms with Crippen LogP contribution in [0.2, 0.25) is 0 Å². The number of pyridine rings is 1. The fourth-order valence-corrected chi connectivity index (χ4v) is 2.49. The molecule has 5 nitrogen and oxygen atoms in total. The van der Waals surface area contributed by atoms with E-state index in [1.54, 1.807) is 13.3 Å². The molecule has 0 bridgehead atoms. The molecule has 18 heavy (non-hydrogen) atoms. The Morgan fingerprint density at radius 3 is 3.22 bits per heavy atom. The van der Waals surface area contributed by atoms with Gasteiger partial charge in [-0.05, 0) is 30.9 Å². The number of methoxy groups -OCH3 is 1. The number of hydrogen-bond donors (Lipinski definition) is 2. The molecule has 0 radical (unpaired) electrons. The molecule has 1 saturated heterocycles. The third-order valence-electron chi connectivity index (χ3n) is 3.30. The lowest BCUT2D eigenvalue weighted by atomic mass is 9.98. The molecule has 1 aromatic rings. The molecule has 5 heteroatoms. The third kappa shape index (κ3) is 2.79. The SMILES string of the molecule is COCC1CCCN(c2ncccc2C(=N)N)C1. The first-order chi connectivity index (χ1) is 8.72. The van der Waals surface area contributed by atoms with Crippen LogP contribution in [0.15, 0.2) is 18.3 Å². The Balaban J connectivity index is 2.18. The quantitative estimate of drug-likeness (QED) is 0.620. The number of nitrogens with two attached hydrogens (primary N) is 1. The Bertz CT molecular complexity index is 419. The van der Waals surface area contributed by atoms with Gasteiger partial charge in [0, 0.05) is 26.4 Å². The monoisotopic (exact) mass is 248 g/mol. The molecule has 1 atom stereocenters. The molecule has 1 fully saturated rings. The maximum absolute atomic E-state index is 7.61. The summed E-state index contributed by atoms with van der Waals surface area (Å²) >= 11 is 0. The van der Waals surface area contributed by atoms with Gasteiger partial charge in [0.1, 0.15) is 11.7 Å². The van der Waals surface area contributed by atoms with Crippen molar-refractivity contribution >= 4 is 11.7 Å². The Morgan fingerprint density at radius 2 is 2.50 bits per heavy atom. The first-order valence-electron chi connectivity index (χ1n) is 6.25. The second kappa shape index (κ2) is 5.82. The normalized spacial score (nSPS) is 19.8.